The second-order valence-corrected chi connectivity index (χ2v) is 16.2. The Morgan fingerprint density at radius 2 is 1.77 bits per heavy atom. The maximum atomic E-state index is 15.3. The molecule has 3 atom stereocenters. The Balaban J connectivity index is 1.35. The summed E-state index contributed by atoms with van der Waals surface area (Å²) in [6, 6.07) is 7.63. The molecule has 0 saturated heterocycles. The molecule has 9 nitrogen and oxygen atoms in total. The van der Waals surface area contributed by atoms with E-state index in [1.165, 1.54) is 10.7 Å². The lowest BCUT2D eigenvalue weighted by Crippen LogP contribution is -2.24. The number of fused-ring (bicyclic) bond motifs is 4. The summed E-state index contributed by atoms with van der Waals surface area (Å²) in [5.74, 6) is -9.13. The van der Waals surface area contributed by atoms with Crippen molar-refractivity contribution in [2.75, 3.05) is 12.0 Å². The van der Waals surface area contributed by atoms with Gasteiger partial charge in [0.25, 0.3) is 12.3 Å². The Bertz CT molecular complexity index is 2390. The lowest BCUT2D eigenvalue weighted by Gasteiger charge is -2.22. The number of aromatic nitrogens is 5. The first kappa shape index (κ1) is 35.9. The fraction of sp³-hybridized carbons (Fsp3) is 0.371. The molecule has 3 aromatic heterocycles. The molecule has 3 heterocycles. The molecule has 0 bridgehead atoms. The molecule has 2 N–H and O–H groups in total. The third-order valence-corrected chi connectivity index (χ3v) is 10.9. The number of Topliss-reactive ketones (excluding diaryl/α,β-unsaturated/α-hetero) is 1. The largest absolute Gasteiger partial charge is 0.397 e. The van der Waals surface area contributed by atoms with E-state index in [-0.39, 0.29) is 46.1 Å². The number of ketones is 1. The Labute approximate surface area is 298 Å². The predicted octanol–water partition coefficient (Wildman–Crippen LogP) is 7.33. The maximum absolute atomic E-state index is 15.3. The normalized spacial score (nSPS) is 18.2. The molecule has 2 aromatic carbocycles. The first-order valence-electron chi connectivity index (χ1n) is 16.2. The number of rotatable bonds is 11. The van der Waals surface area contributed by atoms with Crippen molar-refractivity contribution in [2.45, 2.75) is 62.7 Å². The van der Waals surface area contributed by atoms with Crippen LogP contribution >= 0.6 is 11.6 Å². The van der Waals surface area contributed by atoms with Gasteiger partial charge in [0.05, 0.1) is 39.1 Å². The minimum Gasteiger partial charge on any atom is -0.397 e. The average molecular weight is 765 g/mol. The number of pyridine rings is 1. The molecule has 0 amide bonds. The Kier molecular flexibility index (Phi) is 8.71. The molecule has 0 unspecified atom stereocenters. The van der Waals surface area contributed by atoms with Crippen LogP contribution in [0.3, 0.4) is 0 Å². The fourth-order valence-corrected chi connectivity index (χ4v) is 8.51. The molecular weight excluding hydrogens is 734 g/mol. The number of halogens is 7. The summed E-state index contributed by atoms with van der Waals surface area (Å²) in [5.41, 5.74) is 7.07. The van der Waals surface area contributed by atoms with E-state index in [4.69, 9.17) is 22.3 Å². The third kappa shape index (κ3) is 6.33. The lowest BCUT2D eigenvalue weighted by molar-refractivity contribution is -0.120. The zero-order chi connectivity index (χ0) is 37.6. The monoisotopic (exact) mass is 764 g/mol. The summed E-state index contributed by atoms with van der Waals surface area (Å²) in [6.07, 6.45) is -2.60. The number of carbonyl (C=O) groups is 1. The summed E-state index contributed by atoms with van der Waals surface area (Å²) in [4.78, 5) is 18.6. The van der Waals surface area contributed by atoms with E-state index in [9.17, 15) is 30.8 Å². The fourth-order valence-electron chi connectivity index (χ4n) is 7.55. The lowest BCUT2D eigenvalue weighted by atomic mass is 9.86. The van der Waals surface area contributed by atoms with E-state index in [1.54, 1.807) is 26.1 Å². The zero-order valence-electron chi connectivity index (χ0n) is 27.9. The van der Waals surface area contributed by atoms with Crippen molar-refractivity contribution in [2.24, 2.45) is 13.0 Å². The van der Waals surface area contributed by atoms with Crippen molar-refractivity contribution >= 4 is 43.8 Å². The topological polar surface area (TPSA) is 126 Å². The summed E-state index contributed by atoms with van der Waals surface area (Å²) in [7, 11) is -1.95. The first-order valence-corrected chi connectivity index (χ1v) is 18.6. The molecule has 7 rings (SSSR count). The highest BCUT2D eigenvalue weighted by molar-refractivity contribution is 7.89. The van der Waals surface area contributed by atoms with Gasteiger partial charge >= 0.3 is 0 Å². The van der Waals surface area contributed by atoms with E-state index in [0.717, 1.165) is 18.4 Å². The SMILES string of the molecule is Cc1nc([C@@H](CC(=O)Cn2nc(C(F)F)c3c2C(F)(F)[C@@H]2C[C@H]32)Cc2cc(F)cc(F)c2)c(-c2ccc(Cl)c3c(CS(C)(=O)=O)nn(C)c23)cc1N. The number of hydrogen-bond donors (Lipinski definition) is 1. The van der Waals surface area contributed by atoms with Crippen LogP contribution in [0.15, 0.2) is 36.4 Å². The van der Waals surface area contributed by atoms with Gasteiger partial charge in [-0.25, -0.2) is 26.0 Å². The molecule has 274 valence electrons. The summed E-state index contributed by atoms with van der Waals surface area (Å²) in [6.45, 7) is 0.852. The van der Waals surface area contributed by atoms with Crippen LogP contribution in [0, 0.1) is 24.5 Å². The van der Waals surface area contributed by atoms with Crippen LogP contribution in [-0.2, 0) is 46.3 Å². The molecule has 52 heavy (non-hydrogen) atoms. The van der Waals surface area contributed by atoms with Gasteiger partial charge in [-0.3, -0.25) is 19.1 Å². The van der Waals surface area contributed by atoms with Crippen molar-refractivity contribution in [3.8, 4) is 11.1 Å². The number of hydrogen-bond acceptors (Lipinski definition) is 7. The van der Waals surface area contributed by atoms with Crippen molar-refractivity contribution < 1.29 is 39.6 Å². The van der Waals surface area contributed by atoms with Crippen LogP contribution in [0.2, 0.25) is 5.02 Å². The van der Waals surface area contributed by atoms with Gasteiger partial charge in [-0.1, -0.05) is 17.7 Å². The second kappa shape index (κ2) is 12.6. The Hall–Kier alpha value is -4.44. The highest BCUT2D eigenvalue weighted by atomic mass is 35.5. The minimum absolute atomic E-state index is 0.0565. The summed E-state index contributed by atoms with van der Waals surface area (Å²) < 4.78 is 114. The molecular formula is C35H31ClF6N6O3S. The van der Waals surface area contributed by atoms with Gasteiger partial charge < -0.3 is 5.73 Å². The second-order valence-electron chi connectivity index (χ2n) is 13.7. The van der Waals surface area contributed by atoms with E-state index >= 15 is 8.78 Å². The van der Waals surface area contributed by atoms with Gasteiger partial charge in [0, 0.05) is 59.7 Å². The van der Waals surface area contributed by atoms with Crippen LogP contribution < -0.4 is 5.73 Å². The number of aryl methyl sites for hydroxylation is 2. The number of nitrogen functional groups attached to an aromatic ring is 1. The molecule has 1 saturated carbocycles. The van der Waals surface area contributed by atoms with Crippen LogP contribution in [-0.4, -0.2) is 45.0 Å². The number of sulfone groups is 1. The average Bonchev–Trinajstić information content (AvgIpc) is 3.57. The summed E-state index contributed by atoms with van der Waals surface area (Å²) >= 11 is 6.59. The molecule has 5 aromatic rings. The van der Waals surface area contributed by atoms with Gasteiger partial charge in [-0.05, 0) is 55.5 Å². The number of alkyl halides is 4. The highest BCUT2D eigenvalue weighted by Crippen LogP contribution is 2.68. The quantitative estimate of drug-likeness (QED) is 0.140. The molecule has 2 aliphatic rings. The smallest absolute Gasteiger partial charge is 0.293 e. The molecule has 1 fully saturated rings. The van der Waals surface area contributed by atoms with Crippen LogP contribution in [0.4, 0.5) is 32.0 Å². The standard InChI is InChI=1S/C35H31ClF6N6O3S/c1-15-26(43)12-22(21-4-5-25(36)29-27(14-52(3,50)51)45-47(2)32(21)29)30(44-15)17(6-16-7-18(37)10-19(38)8-16)9-20(49)13-48-33-28(31(46-48)34(39)40)23-11-24(23)35(33,41)42/h4-5,7-8,10,12,17,23-24,34H,6,9,11,13-14,43H2,1-3H3/t17-,23+,24-/m1/s1. The number of carbonyl (C=O) groups excluding carboxylic acids is 1. The van der Waals surface area contributed by atoms with Gasteiger partial charge in [-0.15, -0.1) is 0 Å². The first-order chi connectivity index (χ1) is 24.3. The van der Waals surface area contributed by atoms with Crippen molar-refractivity contribution in [1.29, 1.82) is 0 Å². The predicted molar refractivity (Wildman–Crippen MR) is 181 cm³/mol. The van der Waals surface area contributed by atoms with Crippen LogP contribution in [0.25, 0.3) is 22.0 Å². The van der Waals surface area contributed by atoms with Crippen molar-refractivity contribution in [1.82, 2.24) is 24.5 Å². The van der Waals surface area contributed by atoms with E-state index in [0.29, 0.717) is 38.5 Å². The number of anilines is 1. The number of benzene rings is 2. The van der Waals surface area contributed by atoms with Crippen molar-refractivity contribution in [3.05, 3.63) is 92.7 Å². The molecule has 0 radical (unpaired) electrons. The molecule has 0 spiro atoms. The van der Waals surface area contributed by atoms with Crippen molar-refractivity contribution in [3.63, 3.8) is 0 Å². The Morgan fingerprint density at radius 3 is 2.42 bits per heavy atom. The Morgan fingerprint density at radius 1 is 1.08 bits per heavy atom. The van der Waals surface area contributed by atoms with Gasteiger partial charge in [0.15, 0.2) is 15.6 Å². The summed E-state index contributed by atoms with van der Waals surface area (Å²) in [5, 5.41) is 8.75. The van der Waals surface area contributed by atoms with Gasteiger partial charge in [0.2, 0.25) is 0 Å². The molecule has 17 heteroatoms. The number of nitrogens with two attached hydrogens (primary N) is 1. The maximum Gasteiger partial charge on any atom is 0.293 e. The zero-order valence-corrected chi connectivity index (χ0v) is 29.5. The van der Waals surface area contributed by atoms with Gasteiger partial charge in [0.1, 0.15) is 29.6 Å². The van der Waals surface area contributed by atoms with Crippen LogP contribution in [0.1, 0.15) is 70.7 Å². The van der Waals surface area contributed by atoms with Gasteiger partial charge in [-0.2, -0.15) is 19.0 Å². The molecule has 2 aliphatic carbocycles. The number of nitrogens with zero attached hydrogens (tertiary/aromatic N) is 5. The molecule has 0 aliphatic heterocycles. The van der Waals surface area contributed by atoms with E-state index in [1.807, 2.05) is 0 Å². The highest BCUT2D eigenvalue weighted by Gasteiger charge is 2.67. The third-order valence-electron chi connectivity index (χ3n) is 9.74. The van der Waals surface area contributed by atoms with Crippen LogP contribution in [0.5, 0.6) is 0 Å². The van der Waals surface area contributed by atoms with E-state index in [2.05, 4.69) is 10.2 Å². The minimum atomic E-state index is -3.54. The van der Waals surface area contributed by atoms with E-state index < -0.39 is 87.5 Å².